The highest BCUT2D eigenvalue weighted by Gasteiger charge is 2.32. The Balaban J connectivity index is 1.79. The second-order valence-corrected chi connectivity index (χ2v) is 7.29. The van der Waals surface area contributed by atoms with Gasteiger partial charge < -0.3 is 26.5 Å². The Morgan fingerprint density at radius 2 is 1.79 bits per heavy atom. The summed E-state index contributed by atoms with van der Waals surface area (Å²) in [5.74, 6) is -3.50. The average molecular weight is 475 g/mol. The van der Waals surface area contributed by atoms with Crippen LogP contribution in [0.15, 0.2) is 54.7 Å². The summed E-state index contributed by atoms with van der Waals surface area (Å²) in [4.78, 5) is 42.6. The van der Waals surface area contributed by atoms with Crippen molar-refractivity contribution in [1.82, 2.24) is 20.6 Å². The molecule has 0 aliphatic carbocycles. The number of aromatic amines is 1. The number of aromatic carboxylic acids is 1. The van der Waals surface area contributed by atoms with Crippen molar-refractivity contribution in [3.05, 3.63) is 82.8 Å². The summed E-state index contributed by atoms with van der Waals surface area (Å²) in [7, 11) is 0. The fourth-order valence-corrected chi connectivity index (χ4v) is 3.09. The van der Waals surface area contributed by atoms with Gasteiger partial charge in [0.25, 0.3) is 5.91 Å². The Kier molecular flexibility index (Phi) is 7.19. The van der Waals surface area contributed by atoms with Crippen LogP contribution in [0.5, 0.6) is 0 Å². The van der Waals surface area contributed by atoms with Gasteiger partial charge in [-0.05, 0) is 35.4 Å². The largest absolute Gasteiger partial charge is 0.477 e. The lowest BCUT2D eigenvalue weighted by Gasteiger charge is -2.19. The van der Waals surface area contributed by atoms with Gasteiger partial charge in [0, 0.05) is 19.3 Å². The van der Waals surface area contributed by atoms with E-state index in [1.54, 1.807) is 6.07 Å². The third-order valence-electron chi connectivity index (χ3n) is 4.87. The number of hydrogen-bond acceptors (Lipinski definition) is 5. The van der Waals surface area contributed by atoms with Crippen LogP contribution in [0, 0.1) is 0 Å². The number of H-pyrrole nitrogens is 1. The highest BCUT2D eigenvalue weighted by atomic mass is 19.4. The van der Waals surface area contributed by atoms with Gasteiger partial charge in [0.2, 0.25) is 5.91 Å². The number of carboxylic acid groups (broad SMARTS) is 1. The van der Waals surface area contributed by atoms with Crippen LogP contribution in [0.4, 0.5) is 19.0 Å². The topological polar surface area (TPSA) is 150 Å². The first kappa shape index (κ1) is 24.3. The van der Waals surface area contributed by atoms with E-state index in [9.17, 15) is 27.6 Å². The number of anilines is 1. The molecule has 34 heavy (non-hydrogen) atoms. The number of nitrogens with two attached hydrogens (primary N) is 1. The molecule has 1 atom stereocenters. The van der Waals surface area contributed by atoms with Crippen LogP contribution in [0.25, 0.3) is 0 Å². The first-order valence-corrected chi connectivity index (χ1v) is 9.90. The van der Waals surface area contributed by atoms with Crippen molar-refractivity contribution in [1.29, 1.82) is 0 Å². The summed E-state index contributed by atoms with van der Waals surface area (Å²) in [5, 5.41) is 14.0. The zero-order valence-corrected chi connectivity index (χ0v) is 17.5. The van der Waals surface area contributed by atoms with Crippen LogP contribution in [0.1, 0.15) is 43.6 Å². The van der Waals surface area contributed by atoms with Crippen molar-refractivity contribution >= 4 is 23.6 Å². The van der Waals surface area contributed by atoms with Crippen LogP contribution in [-0.4, -0.2) is 39.4 Å². The molecular formula is C22H20F3N5O4. The first-order chi connectivity index (χ1) is 16.0. The van der Waals surface area contributed by atoms with Crippen LogP contribution < -0.4 is 16.4 Å². The predicted octanol–water partition coefficient (Wildman–Crippen LogP) is 2.54. The summed E-state index contributed by atoms with van der Waals surface area (Å²) in [6, 6.07) is 9.85. The fraction of sp³-hybridized carbons (Fsp3) is 0.182. The van der Waals surface area contributed by atoms with Crippen molar-refractivity contribution < 1.29 is 32.7 Å². The van der Waals surface area contributed by atoms with Crippen molar-refractivity contribution in [3.8, 4) is 0 Å². The van der Waals surface area contributed by atoms with E-state index in [1.165, 1.54) is 36.5 Å². The Morgan fingerprint density at radius 3 is 2.41 bits per heavy atom. The molecule has 0 saturated heterocycles. The number of aromatic nitrogens is 2. The number of alkyl halides is 3. The molecule has 0 unspecified atom stereocenters. The Labute approximate surface area is 191 Å². The maximum atomic E-state index is 13.2. The van der Waals surface area contributed by atoms with Crippen molar-refractivity contribution in [3.63, 3.8) is 0 Å². The van der Waals surface area contributed by atoms with Gasteiger partial charge in [-0.15, -0.1) is 0 Å². The number of pyridine rings is 1. The van der Waals surface area contributed by atoms with E-state index in [0.717, 1.165) is 12.1 Å². The SMILES string of the molecule is Nc1ccc(CNC(=O)[C@@H](CNC(=O)c2ccc(C(=O)O)[nH]2)c2cccc(C(F)(F)F)c2)cn1. The molecule has 2 amide bonds. The second kappa shape index (κ2) is 10.1. The van der Waals surface area contributed by atoms with Crippen molar-refractivity contribution in [2.75, 3.05) is 12.3 Å². The van der Waals surface area contributed by atoms with Gasteiger partial charge in [0.15, 0.2) is 0 Å². The molecular weight excluding hydrogens is 455 g/mol. The summed E-state index contributed by atoms with van der Waals surface area (Å²) >= 11 is 0. The molecule has 0 aliphatic rings. The molecule has 6 N–H and O–H groups in total. The van der Waals surface area contributed by atoms with E-state index < -0.39 is 35.4 Å². The minimum absolute atomic E-state index is 0.0358. The summed E-state index contributed by atoms with van der Waals surface area (Å²) in [5.41, 5.74) is 4.95. The summed E-state index contributed by atoms with van der Waals surface area (Å²) < 4.78 is 39.6. The third kappa shape index (κ3) is 6.12. The molecule has 0 fully saturated rings. The molecule has 1 aromatic carbocycles. The number of benzene rings is 1. The number of nitrogen functional groups attached to an aromatic ring is 1. The molecule has 0 radical (unpaired) electrons. The lowest BCUT2D eigenvalue weighted by atomic mass is 9.95. The zero-order valence-electron chi connectivity index (χ0n) is 17.5. The number of amides is 2. The molecule has 0 saturated carbocycles. The third-order valence-corrected chi connectivity index (χ3v) is 4.87. The van der Waals surface area contributed by atoms with E-state index >= 15 is 0 Å². The molecule has 3 aromatic rings. The number of nitrogens with one attached hydrogen (secondary N) is 3. The molecule has 0 bridgehead atoms. The smallest absolute Gasteiger partial charge is 0.416 e. The maximum Gasteiger partial charge on any atom is 0.416 e. The number of nitrogens with zero attached hydrogens (tertiary/aromatic N) is 1. The molecule has 0 aliphatic heterocycles. The van der Waals surface area contributed by atoms with Crippen molar-refractivity contribution in [2.24, 2.45) is 0 Å². The normalized spacial score (nSPS) is 12.1. The lowest BCUT2D eigenvalue weighted by Crippen LogP contribution is -2.37. The number of carbonyl (C=O) groups is 3. The van der Waals surface area contributed by atoms with Crippen LogP contribution >= 0.6 is 0 Å². The van der Waals surface area contributed by atoms with Crippen LogP contribution in [0.2, 0.25) is 0 Å². The van der Waals surface area contributed by atoms with E-state index in [1.807, 2.05) is 0 Å². The van der Waals surface area contributed by atoms with Gasteiger partial charge in [0.05, 0.1) is 11.5 Å². The Hall–Kier alpha value is -4.35. The predicted molar refractivity (Wildman–Crippen MR) is 115 cm³/mol. The van der Waals surface area contributed by atoms with Crippen molar-refractivity contribution in [2.45, 2.75) is 18.6 Å². The molecule has 178 valence electrons. The Morgan fingerprint density at radius 1 is 1.06 bits per heavy atom. The molecule has 12 heteroatoms. The van der Waals surface area contributed by atoms with E-state index in [-0.39, 0.29) is 35.9 Å². The highest BCUT2D eigenvalue weighted by Crippen LogP contribution is 2.31. The monoisotopic (exact) mass is 475 g/mol. The standard InChI is InChI=1S/C22H20F3N5O4/c23-22(24,25)14-3-1-2-13(8-14)15(19(31)28-10-12-4-7-18(26)27-9-12)11-29-20(32)16-5-6-17(30-16)21(33)34/h1-9,15,30H,10-11H2,(H2,26,27)(H,28,31)(H,29,32)(H,33,34)/t15-/m0/s1. The summed E-state index contributed by atoms with van der Waals surface area (Å²) in [6.45, 7) is -0.304. The number of halogens is 3. The van der Waals surface area contributed by atoms with Gasteiger partial charge in [-0.3, -0.25) is 9.59 Å². The molecule has 2 aromatic heterocycles. The van der Waals surface area contributed by atoms with Gasteiger partial charge >= 0.3 is 12.1 Å². The first-order valence-electron chi connectivity index (χ1n) is 9.90. The number of hydrogen-bond donors (Lipinski definition) is 5. The van der Waals surface area contributed by atoms with E-state index in [0.29, 0.717) is 5.56 Å². The van der Waals surface area contributed by atoms with E-state index in [4.69, 9.17) is 10.8 Å². The molecule has 0 spiro atoms. The minimum atomic E-state index is -4.62. The maximum absolute atomic E-state index is 13.2. The van der Waals surface area contributed by atoms with Gasteiger partial charge in [0.1, 0.15) is 17.2 Å². The Bertz CT molecular complexity index is 1190. The van der Waals surface area contributed by atoms with Gasteiger partial charge in [-0.1, -0.05) is 24.3 Å². The highest BCUT2D eigenvalue weighted by molar-refractivity contribution is 5.95. The average Bonchev–Trinajstić information content (AvgIpc) is 3.29. The van der Waals surface area contributed by atoms with Gasteiger partial charge in [-0.25, -0.2) is 9.78 Å². The van der Waals surface area contributed by atoms with Crippen LogP contribution in [0.3, 0.4) is 0 Å². The molecule has 9 nitrogen and oxygen atoms in total. The number of carboxylic acids is 1. The number of rotatable bonds is 8. The number of carbonyl (C=O) groups excluding carboxylic acids is 2. The van der Waals surface area contributed by atoms with E-state index in [2.05, 4.69) is 20.6 Å². The zero-order chi connectivity index (χ0) is 24.9. The van der Waals surface area contributed by atoms with Crippen LogP contribution in [-0.2, 0) is 17.5 Å². The quantitative estimate of drug-likeness (QED) is 0.338. The summed E-state index contributed by atoms with van der Waals surface area (Å²) in [6.07, 6.45) is -3.17. The fourth-order valence-electron chi connectivity index (χ4n) is 3.09. The minimum Gasteiger partial charge on any atom is -0.477 e. The lowest BCUT2D eigenvalue weighted by molar-refractivity contribution is -0.137. The second-order valence-electron chi connectivity index (χ2n) is 7.29. The molecule has 2 heterocycles. The van der Waals surface area contributed by atoms with Gasteiger partial charge in [-0.2, -0.15) is 13.2 Å². The molecule has 3 rings (SSSR count).